The van der Waals surface area contributed by atoms with Crippen LogP contribution in [0.4, 0.5) is 0 Å². The molecule has 1 aromatic heterocycles. The first-order valence-corrected chi connectivity index (χ1v) is 9.36. The molecule has 5 nitrogen and oxygen atoms in total. The number of halogens is 1. The number of nitrogens with one attached hydrogen (secondary N) is 2. The summed E-state index contributed by atoms with van der Waals surface area (Å²) in [4.78, 5) is 0.148. The molecule has 0 bridgehead atoms. The highest BCUT2D eigenvalue weighted by molar-refractivity contribution is 9.10. The van der Waals surface area contributed by atoms with E-state index in [9.17, 15) is 8.42 Å². The van der Waals surface area contributed by atoms with Crippen molar-refractivity contribution in [2.75, 3.05) is 6.54 Å². The molecule has 1 rings (SSSR count). The fourth-order valence-electron chi connectivity index (χ4n) is 1.47. The van der Waals surface area contributed by atoms with Crippen molar-refractivity contribution in [3.8, 4) is 0 Å². The lowest BCUT2D eigenvalue weighted by Crippen LogP contribution is -2.33. The van der Waals surface area contributed by atoms with Gasteiger partial charge in [-0.25, -0.2) is 13.1 Å². The van der Waals surface area contributed by atoms with Gasteiger partial charge in [-0.3, -0.25) is 0 Å². The molecule has 0 saturated heterocycles. The van der Waals surface area contributed by atoms with Gasteiger partial charge in [0, 0.05) is 18.7 Å². The van der Waals surface area contributed by atoms with Gasteiger partial charge in [-0.2, -0.15) is 0 Å². The van der Waals surface area contributed by atoms with E-state index in [-0.39, 0.29) is 15.0 Å². The van der Waals surface area contributed by atoms with Gasteiger partial charge in [0.2, 0.25) is 10.0 Å². The Labute approximate surface area is 136 Å². The van der Waals surface area contributed by atoms with Crippen molar-refractivity contribution in [2.45, 2.75) is 58.5 Å². The van der Waals surface area contributed by atoms with Crippen LogP contribution in [0.15, 0.2) is 20.0 Å². The topological polar surface area (TPSA) is 71.3 Å². The monoisotopic (exact) mass is 380 g/mol. The molecule has 0 atom stereocenters. The second kappa shape index (κ2) is 7.26. The molecule has 0 spiro atoms. The number of rotatable bonds is 8. The third-order valence-corrected chi connectivity index (χ3v) is 5.64. The van der Waals surface area contributed by atoms with Crippen molar-refractivity contribution in [3.63, 3.8) is 0 Å². The summed E-state index contributed by atoms with van der Waals surface area (Å²) in [6.45, 7) is 11.0. The maximum absolute atomic E-state index is 12.3. The molecule has 1 heterocycles. The van der Waals surface area contributed by atoms with E-state index < -0.39 is 10.0 Å². The first kappa shape index (κ1) is 18.7. The lowest BCUT2D eigenvalue weighted by Gasteiger charge is -2.22. The van der Waals surface area contributed by atoms with Crippen molar-refractivity contribution < 1.29 is 12.8 Å². The van der Waals surface area contributed by atoms with Crippen LogP contribution in [0.5, 0.6) is 0 Å². The molecule has 0 aliphatic rings. The number of hydrogen-bond donors (Lipinski definition) is 2. The molecule has 21 heavy (non-hydrogen) atoms. The van der Waals surface area contributed by atoms with Crippen molar-refractivity contribution in [2.24, 2.45) is 5.41 Å². The van der Waals surface area contributed by atoms with Crippen LogP contribution in [0.2, 0.25) is 0 Å². The van der Waals surface area contributed by atoms with Gasteiger partial charge in [-0.1, -0.05) is 34.6 Å². The van der Waals surface area contributed by atoms with Crippen LogP contribution in [-0.2, 0) is 16.6 Å². The summed E-state index contributed by atoms with van der Waals surface area (Å²) in [7, 11) is -3.57. The number of sulfonamides is 1. The molecule has 0 aromatic carbocycles. The Bertz CT molecular complexity index is 565. The molecular formula is C14H25BrN2O3S. The normalized spacial score (nSPS) is 13.1. The molecule has 122 valence electrons. The summed E-state index contributed by atoms with van der Waals surface area (Å²) in [5, 5.41) is 3.19. The van der Waals surface area contributed by atoms with Crippen LogP contribution in [0.3, 0.4) is 0 Å². The van der Waals surface area contributed by atoms with Crippen LogP contribution < -0.4 is 10.0 Å². The molecule has 7 heteroatoms. The third kappa shape index (κ3) is 5.73. The average molecular weight is 381 g/mol. The minimum absolute atomic E-state index is 0.0781. The first-order valence-electron chi connectivity index (χ1n) is 7.08. The molecule has 1 aromatic rings. The summed E-state index contributed by atoms with van der Waals surface area (Å²) >= 11 is 3.18. The molecule has 0 fully saturated rings. The highest BCUT2D eigenvalue weighted by Crippen LogP contribution is 2.27. The minimum atomic E-state index is -3.57. The Morgan fingerprint density at radius 3 is 2.52 bits per heavy atom. The van der Waals surface area contributed by atoms with E-state index in [0.29, 0.717) is 24.9 Å². The van der Waals surface area contributed by atoms with Gasteiger partial charge in [0.15, 0.2) is 4.67 Å². The van der Waals surface area contributed by atoms with E-state index in [4.69, 9.17) is 4.42 Å². The van der Waals surface area contributed by atoms with Crippen LogP contribution in [0.1, 0.15) is 46.8 Å². The second-order valence-corrected chi connectivity index (χ2v) is 8.68. The van der Waals surface area contributed by atoms with Gasteiger partial charge in [-0.15, -0.1) is 0 Å². The van der Waals surface area contributed by atoms with E-state index in [1.165, 1.54) is 0 Å². The highest BCUT2D eigenvalue weighted by Gasteiger charge is 2.25. The van der Waals surface area contributed by atoms with E-state index in [1.54, 1.807) is 6.07 Å². The van der Waals surface area contributed by atoms with Gasteiger partial charge < -0.3 is 9.73 Å². The molecule has 0 saturated carbocycles. The maximum Gasteiger partial charge on any atom is 0.244 e. The average Bonchev–Trinajstić information content (AvgIpc) is 2.76. The first-order chi connectivity index (χ1) is 9.57. The van der Waals surface area contributed by atoms with Gasteiger partial charge in [0.05, 0.1) is 6.54 Å². The van der Waals surface area contributed by atoms with Gasteiger partial charge >= 0.3 is 0 Å². The van der Waals surface area contributed by atoms with Gasteiger partial charge in [0.1, 0.15) is 10.7 Å². The van der Waals surface area contributed by atoms with Gasteiger partial charge in [0.25, 0.3) is 0 Å². The minimum Gasteiger partial charge on any atom is -0.452 e. The summed E-state index contributed by atoms with van der Waals surface area (Å²) in [5.41, 5.74) is -0.0781. The Hall–Kier alpha value is -0.370. The predicted molar refractivity (Wildman–Crippen MR) is 87.6 cm³/mol. The van der Waals surface area contributed by atoms with Crippen LogP contribution in [0, 0.1) is 5.41 Å². The van der Waals surface area contributed by atoms with E-state index >= 15 is 0 Å². The van der Waals surface area contributed by atoms with E-state index in [2.05, 4.69) is 26.0 Å². The van der Waals surface area contributed by atoms with Crippen LogP contribution in [-0.4, -0.2) is 21.0 Å². The quantitative estimate of drug-likeness (QED) is 0.725. The Balaban J connectivity index is 2.84. The molecular weight excluding hydrogens is 356 g/mol. The van der Waals surface area contributed by atoms with Crippen molar-refractivity contribution in [1.82, 2.24) is 10.0 Å². The molecule has 0 aliphatic carbocycles. The number of furan rings is 1. The van der Waals surface area contributed by atoms with Gasteiger partial charge in [-0.05, 0) is 27.8 Å². The standard InChI is InChI=1S/C14H25BrN2O3S/c1-6-14(4,5)9-17-21(18,19)12-7-11(20-13(12)15)8-16-10(2)3/h7,10,16-17H,6,8-9H2,1-5H3. The zero-order valence-corrected chi connectivity index (χ0v) is 15.7. The van der Waals surface area contributed by atoms with Crippen molar-refractivity contribution in [1.29, 1.82) is 0 Å². The molecule has 0 aliphatic heterocycles. The molecule has 2 N–H and O–H groups in total. The summed E-state index contributed by atoms with van der Waals surface area (Å²) in [6.07, 6.45) is 0.894. The maximum atomic E-state index is 12.3. The zero-order valence-electron chi connectivity index (χ0n) is 13.3. The highest BCUT2D eigenvalue weighted by atomic mass is 79.9. The summed E-state index contributed by atoms with van der Waals surface area (Å²) < 4.78 is 33.0. The SMILES string of the molecule is CCC(C)(C)CNS(=O)(=O)c1cc(CNC(C)C)oc1Br. The summed E-state index contributed by atoms with van der Waals surface area (Å²) in [6, 6.07) is 1.86. The molecule has 0 amide bonds. The second-order valence-electron chi connectivity index (χ2n) is 6.23. The fraction of sp³-hybridized carbons (Fsp3) is 0.714. The fourth-order valence-corrected chi connectivity index (χ4v) is 3.70. The Morgan fingerprint density at radius 1 is 1.38 bits per heavy atom. The largest absolute Gasteiger partial charge is 0.452 e. The zero-order chi connectivity index (χ0) is 16.3. The predicted octanol–water partition coefficient (Wildman–Crippen LogP) is 3.25. The van der Waals surface area contributed by atoms with Crippen LogP contribution >= 0.6 is 15.9 Å². The van der Waals surface area contributed by atoms with Crippen LogP contribution in [0.25, 0.3) is 0 Å². The van der Waals surface area contributed by atoms with E-state index in [0.717, 1.165) is 6.42 Å². The lowest BCUT2D eigenvalue weighted by atomic mass is 9.91. The Morgan fingerprint density at radius 2 is 2.00 bits per heavy atom. The van der Waals surface area contributed by atoms with Crippen molar-refractivity contribution in [3.05, 3.63) is 16.5 Å². The summed E-state index contributed by atoms with van der Waals surface area (Å²) in [5.74, 6) is 0.589. The van der Waals surface area contributed by atoms with Crippen molar-refractivity contribution >= 4 is 26.0 Å². The van der Waals surface area contributed by atoms with E-state index in [1.807, 2.05) is 34.6 Å². The Kier molecular flexibility index (Phi) is 6.46. The third-order valence-electron chi connectivity index (χ3n) is 3.38. The number of hydrogen-bond acceptors (Lipinski definition) is 4. The smallest absolute Gasteiger partial charge is 0.244 e. The molecule has 0 unspecified atom stereocenters. The molecule has 0 radical (unpaired) electrons. The lowest BCUT2D eigenvalue weighted by molar-refractivity contribution is 0.350.